The monoisotopic (exact) mass is 399 g/mol. The minimum atomic E-state index is -0.457. The van der Waals surface area contributed by atoms with Gasteiger partial charge in [0.1, 0.15) is 5.75 Å². The van der Waals surface area contributed by atoms with Gasteiger partial charge in [0.25, 0.3) is 5.91 Å². The molecule has 0 fully saturated rings. The average molecular weight is 400 g/mol. The molecule has 0 aliphatic heterocycles. The molecule has 1 amide bonds. The normalized spacial score (nSPS) is 12.5. The van der Waals surface area contributed by atoms with Crippen LogP contribution in [-0.2, 0) is 16.0 Å². The summed E-state index contributed by atoms with van der Waals surface area (Å²) in [4.78, 5) is 12.4. The van der Waals surface area contributed by atoms with Crippen LogP contribution >= 0.6 is 11.8 Å². The molecule has 3 nitrogen and oxygen atoms in total. The van der Waals surface area contributed by atoms with E-state index >= 15 is 0 Å². The molecule has 2 aromatic rings. The SMILES string of the molecule is CCC(Oc1ccc(C(C)(C)C)cc1)C(=O)NCCSCc1ccccc1C. The summed E-state index contributed by atoms with van der Waals surface area (Å²) < 4.78 is 5.92. The van der Waals surface area contributed by atoms with Gasteiger partial charge in [0.15, 0.2) is 6.10 Å². The minimum absolute atomic E-state index is 0.0427. The summed E-state index contributed by atoms with van der Waals surface area (Å²) in [7, 11) is 0. The van der Waals surface area contributed by atoms with Crippen LogP contribution in [0.2, 0.25) is 0 Å². The summed E-state index contributed by atoms with van der Waals surface area (Å²) in [5.41, 5.74) is 4.03. The van der Waals surface area contributed by atoms with Crippen LogP contribution in [0.3, 0.4) is 0 Å². The Balaban J connectivity index is 1.76. The van der Waals surface area contributed by atoms with E-state index < -0.39 is 6.10 Å². The van der Waals surface area contributed by atoms with Gasteiger partial charge in [-0.25, -0.2) is 0 Å². The Morgan fingerprint density at radius 2 is 1.79 bits per heavy atom. The van der Waals surface area contributed by atoms with Crippen molar-refractivity contribution in [2.45, 2.75) is 58.3 Å². The zero-order chi connectivity index (χ0) is 20.6. The Morgan fingerprint density at radius 1 is 1.11 bits per heavy atom. The summed E-state index contributed by atoms with van der Waals surface area (Å²) >= 11 is 1.83. The second-order valence-corrected chi connectivity index (χ2v) is 9.16. The zero-order valence-corrected chi connectivity index (χ0v) is 18.6. The number of carbonyl (C=O) groups is 1. The van der Waals surface area contributed by atoms with E-state index in [0.717, 1.165) is 17.3 Å². The fourth-order valence-electron chi connectivity index (χ4n) is 2.83. The Labute approximate surface area is 174 Å². The highest BCUT2D eigenvalue weighted by atomic mass is 32.2. The zero-order valence-electron chi connectivity index (χ0n) is 17.7. The lowest BCUT2D eigenvalue weighted by Crippen LogP contribution is -2.39. The van der Waals surface area contributed by atoms with E-state index in [4.69, 9.17) is 4.74 Å². The summed E-state index contributed by atoms with van der Waals surface area (Å²) in [5.74, 6) is 2.55. The van der Waals surface area contributed by atoms with Crippen molar-refractivity contribution >= 4 is 17.7 Å². The molecule has 2 rings (SSSR count). The van der Waals surface area contributed by atoms with Crippen molar-refractivity contribution in [2.24, 2.45) is 0 Å². The maximum absolute atomic E-state index is 12.4. The van der Waals surface area contributed by atoms with Crippen LogP contribution in [0.15, 0.2) is 48.5 Å². The van der Waals surface area contributed by atoms with E-state index in [1.807, 2.05) is 30.8 Å². The van der Waals surface area contributed by atoms with Crippen LogP contribution in [0.4, 0.5) is 0 Å². The summed E-state index contributed by atoms with van der Waals surface area (Å²) in [6.45, 7) is 11.3. The first-order valence-corrected chi connectivity index (χ1v) is 11.1. The highest BCUT2D eigenvalue weighted by molar-refractivity contribution is 7.98. The molecule has 0 bridgehead atoms. The Kier molecular flexibility index (Phi) is 8.43. The van der Waals surface area contributed by atoms with Crippen LogP contribution in [0.25, 0.3) is 0 Å². The molecule has 1 atom stereocenters. The number of nitrogens with one attached hydrogen (secondary N) is 1. The number of hydrogen-bond acceptors (Lipinski definition) is 3. The molecule has 0 saturated heterocycles. The molecular formula is C24H33NO2S. The number of ether oxygens (including phenoxy) is 1. The van der Waals surface area contributed by atoms with Gasteiger partial charge in [-0.05, 0) is 47.6 Å². The lowest BCUT2D eigenvalue weighted by atomic mass is 9.87. The summed E-state index contributed by atoms with van der Waals surface area (Å²) in [6.07, 6.45) is 0.185. The molecule has 4 heteroatoms. The average Bonchev–Trinajstić information content (AvgIpc) is 2.66. The third-order valence-corrected chi connectivity index (χ3v) is 5.73. The van der Waals surface area contributed by atoms with Crippen molar-refractivity contribution in [1.29, 1.82) is 0 Å². The molecule has 0 spiro atoms. The van der Waals surface area contributed by atoms with E-state index in [1.54, 1.807) is 0 Å². The molecule has 1 N–H and O–H groups in total. The van der Waals surface area contributed by atoms with E-state index in [2.05, 4.69) is 69.4 Å². The number of hydrogen-bond donors (Lipinski definition) is 1. The number of amides is 1. The van der Waals surface area contributed by atoms with Gasteiger partial charge in [-0.3, -0.25) is 4.79 Å². The van der Waals surface area contributed by atoms with Gasteiger partial charge in [0, 0.05) is 18.1 Å². The number of benzene rings is 2. The molecule has 0 aliphatic carbocycles. The van der Waals surface area contributed by atoms with Gasteiger partial charge < -0.3 is 10.1 Å². The second-order valence-electron chi connectivity index (χ2n) is 8.06. The molecule has 1 unspecified atom stereocenters. The van der Waals surface area contributed by atoms with Gasteiger partial charge in [-0.1, -0.05) is 64.1 Å². The molecule has 152 valence electrons. The third-order valence-electron chi connectivity index (χ3n) is 4.73. The molecule has 0 aliphatic rings. The Hall–Kier alpha value is -1.94. The predicted molar refractivity (Wildman–Crippen MR) is 120 cm³/mol. The van der Waals surface area contributed by atoms with Gasteiger partial charge in [0.2, 0.25) is 0 Å². The van der Waals surface area contributed by atoms with Gasteiger partial charge in [-0.2, -0.15) is 11.8 Å². The second kappa shape index (κ2) is 10.6. The van der Waals surface area contributed by atoms with E-state index in [9.17, 15) is 4.79 Å². The predicted octanol–water partition coefficient (Wildman–Crippen LogP) is 5.50. The molecule has 0 heterocycles. The van der Waals surface area contributed by atoms with Crippen molar-refractivity contribution in [3.63, 3.8) is 0 Å². The van der Waals surface area contributed by atoms with Crippen LogP contribution in [0.5, 0.6) is 5.75 Å². The number of rotatable bonds is 9. The third kappa shape index (κ3) is 6.90. The quantitative estimate of drug-likeness (QED) is 0.566. The lowest BCUT2D eigenvalue weighted by Gasteiger charge is -2.21. The van der Waals surface area contributed by atoms with Crippen LogP contribution in [-0.4, -0.2) is 24.3 Å². The fourth-order valence-corrected chi connectivity index (χ4v) is 3.77. The van der Waals surface area contributed by atoms with Crippen molar-refractivity contribution in [3.05, 3.63) is 65.2 Å². The van der Waals surface area contributed by atoms with Gasteiger partial charge >= 0.3 is 0 Å². The standard InChI is InChI=1S/C24H33NO2S/c1-6-22(27-21-13-11-20(12-14-21)24(3,4)5)23(26)25-15-16-28-17-19-10-8-7-9-18(19)2/h7-14,22H,6,15-17H2,1-5H3,(H,25,26). The Morgan fingerprint density at radius 3 is 2.39 bits per heavy atom. The molecule has 0 aromatic heterocycles. The van der Waals surface area contributed by atoms with Gasteiger partial charge in [0.05, 0.1) is 0 Å². The molecule has 0 saturated carbocycles. The first kappa shape index (κ1) is 22.4. The smallest absolute Gasteiger partial charge is 0.261 e. The van der Waals surface area contributed by atoms with Gasteiger partial charge in [-0.15, -0.1) is 0 Å². The molecular weight excluding hydrogens is 366 g/mol. The van der Waals surface area contributed by atoms with E-state index in [1.165, 1.54) is 16.7 Å². The molecule has 2 aromatic carbocycles. The van der Waals surface area contributed by atoms with E-state index in [-0.39, 0.29) is 11.3 Å². The first-order valence-electron chi connectivity index (χ1n) is 9.98. The van der Waals surface area contributed by atoms with Crippen molar-refractivity contribution < 1.29 is 9.53 Å². The minimum Gasteiger partial charge on any atom is -0.481 e. The highest BCUT2D eigenvalue weighted by Crippen LogP contribution is 2.25. The maximum Gasteiger partial charge on any atom is 0.261 e. The topological polar surface area (TPSA) is 38.3 Å². The first-order chi connectivity index (χ1) is 13.3. The van der Waals surface area contributed by atoms with Crippen LogP contribution < -0.4 is 10.1 Å². The number of carbonyl (C=O) groups excluding carboxylic acids is 1. The van der Waals surface area contributed by atoms with E-state index in [0.29, 0.717) is 13.0 Å². The fraction of sp³-hybridized carbons (Fsp3) is 0.458. The highest BCUT2D eigenvalue weighted by Gasteiger charge is 2.19. The maximum atomic E-state index is 12.4. The molecule has 0 radical (unpaired) electrons. The number of thioether (sulfide) groups is 1. The van der Waals surface area contributed by atoms with Crippen molar-refractivity contribution in [3.8, 4) is 5.75 Å². The van der Waals surface area contributed by atoms with Crippen molar-refractivity contribution in [2.75, 3.05) is 12.3 Å². The lowest BCUT2D eigenvalue weighted by molar-refractivity contribution is -0.127. The van der Waals surface area contributed by atoms with Crippen LogP contribution in [0.1, 0.15) is 50.8 Å². The molecule has 28 heavy (non-hydrogen) atoms. The van der Waals surface area contributed by atoms with Crippen molar-refractivity contribution in [1.82, 2.24) is 5.32 Å². The van der Waals surface area contributed by atoms with Crippen LogP contribution in [0, 0.1) is 6.92 Å². The number of aryl methyl sites for hydroxylation is 1. The summed E-state index contributed by atoms with van der Waals surface area (Å²) in [6, 6.07) is 16.5. The largest absolute Gasteiger partial charge is 0.481 e. The Bertz CT molecular complexity index is 750. The summed E-state index contributed by atoms with van der Waals surface area (Å²) in [5, 5.41) is 3.01.